The average molecular weight is 555 g/mol. The molecule has 0 radical (unpaired) electrons. The second kappa shape index (κ2) is 12.4. The van der Waals surface area contributed by atoms with Crippen molar-refractivity contribution in [2.24, 2.45) is 0 Å². The van der Waals surface area contributed by atoms with Crippen LogP contribution in [0.2, 0.25) is 0 Å². The molecule has 214 valence electrons. The number of hydrogen-bond acceptors (Lipinski definition) is 7. The number of nitrogens with zero attached hydrogens (tertiary/aromatic N) is 3. The van der Waals surface area contributed by atoms with Gasteiger partial charge in [-0.2, -0.15) is 0 Å². The SMILES string of the molecule is CCOC(=O)C1=C(CN2CCN(C(=O)c3ccccc3F)[C@H](C)C2)N(C)C(=O)N[C@H]1c1cc(OC)cc(OC)c1. The normalized spacial score (nSPS) is 19.8. The number of methoxy groups -OCH3 is 2. The Morgan fingerprint density at radius 3 is 2.35 bits per heavy atom. The zero-order chi connectivity index (χ0) is 29.0. The number of likely N-dealkylation sites (N-methyl/N-ethyl adjacent to an activating group) is 1. The third-order valence-electron chi connectivity index (χ3n) is 7.23. The van der Waals surface area contributed by atoms with Crippen LogP contribution in [0.5, 0.6) is 11.5 Å². The Morgan fingerprint density at radius 1 is 1.07 bits per heavy atom. The predicted molar refractivity (Wildman–Crippen MR) is 146 cm³/mol. The first-order chi connectivity index (χ1) is 19.2. The molecule has 0 saturated carbocycles. The summed E-state index contributed by atoms with van der Waals surface area (Å²) >= 11 is 0. The first kappa shape index (κ1) is 28.9. The molecule has 2 heterocycles. The summed E-state index contributed by atoms with van der Waals surface area (Å²) in [4.78, 5) is 44.7. The molecule has 10 nitrogen and oxygen atoms in total. The molecule has 3 amide bonds. The van der Waals surface area contributed by atoms with Gasteiger partial charge in [0.25, 0.3) is 5.91 Å². The van der Waals surface area contributed by atoms with Crippen LogP contribution >= 0.6 is 0 Å². The van der Waals surface area contributed by atoms with Crippen molar-refractivity contribution in [3.05, 3.63) is 70.7 Å². The Balaban J connectivity index is 1.65. The summed E-state index contributed by atoms with van der Waals surface area (Å²) in [5.41, 5.74) is 1.44. The van der Waals surface area contributed by atoms with Crippen molar-refractivity contribution in [3.63, 3.8) is 0 Å². The number of rotatable bonds is 8. The molecule has 2 aliphatic rings. The summed E-state index contributed by atoms with van der Waals surface area (Å²) in [7, 11) is 4.65. The maximum atomic E-state index is 14.3. The van der Waals surface area contributed by atoms with E-state index in [0.29, 0.717) is 48.0 Å². The molecule has 0 unspecified atom stereocenters. The van der Waals surface area contributed by atoms with Gasteiger partial charge < -0.3 is 24.4 Å². The third-order valence-corrected chi connectivity index (χ3v) is 7.23. The number of amides is 3. The van der Waals surface area contributed by atoms with Gasteiger partial charge in [0.1, 0.15) is 17.3 Å². The number of hydrogen-bond donors (Lipinski definition) is 1. The van der Waals surface area contributed by atoms with Crippen molar-refractivity contribution < 1.29 is 33.0 Å². The van der Waals surface area contributed by atoms with E-state index >= 15 is 0 Å². The van der Waals surface area contributed by atoms with E-state index in [-0.39, 0.29) is 36.7 Å². The summed E-state index contributed by atoms with van der Waals surface area (Å²) in [6.07, 6.45) is 0. The average Bonchev–Trinajstić information content (AvgIpc) is 2.95. The predicted octanol–water partition coefficient (Wildman–Crippen LogP) is 3.20. The highest BCUT2D eigenvalue weighted by Gasteiger charge is 2.39. The van der Waals surface area contributed by atoms with Crippen LogP contribution in [0.1, 0.15) is 35.8 Å². The van der Waals surface area contributed by atoms with Gasteiger partial charge in [0.15, 0.2) is 0 Å². The summed E-state index contributed by atoms with van der Waals surface area (Å²) in [6, 6.07) is 9.72. The van der Waals surface area contributed by atoms with Gasteiger partial charge in [0, 0.05) is 51.0 Å². The smallest absolute Gasteiger partial charge is 0.338 e. The van der Waals surface area contributed by atoms with Crippen LogP contribution < -0.4 is 14.8 Å². The van der Waals surface area contributed by atoms with Crippen LogP contribution in [0.3, 0.4) is 0 Å². The van der Waals surface area contributed by atoms with E-state index in [9.17, 15) is 18.8 Å². The quantitative estimate of drug-likeness (QED) is 0.500. The lowest BCUT2D eigenvalue weighted by Crippen LogP contribution is -2.56. The van der Waals surface area contributed by atoms with Gasteiger partial charge in [-0.3, -0.25) is 14.6 Å². The fourth-order valence-corrected chi connectivity index (χ4v) is 5.12. The van der Waals surface area contributed by atoms with E-state index in [2.05, 4.69) is 10.2 Å². The minimum atomic E-state index is -0.803. The molecule has 2 aliphatic heterocycles. The molecule has 0 spiro atoms. The lowest BCUT2D eigenvalue weighted by molar-refractivity contribution is -0.139. The number of nitrogens with one attached hydrogen (secondary N) is 1. The fourth-order valence-electron chi connectivity index (χ4n) is 5.12. The van der Waals surface area contributed by atoms with Crippen molar-refractivity contribution in [3.8, 4) is 11.5 Å². The van der Waals surface area contributed by atoms with Crippen LogP contribution in [-0.2, 0) is 9.53 Å². The first-order valence-electron chi connectivity index (χ1n) is 13.1. The molecular weight excluding hydrogens is 519 g/mol. The molecule has 2 aromatic rings. The minimum absolute atomic E-state index is 0.0374. The Morgan fingerprint density at radius 2 is 1.75 bits per heavy atom. The number of halogens is 1. The lowest BCUT2D eigenvalue weighted by Gasteiger charge is -2.42. The van der Waals surface area contributed by atoms with E-state index in [0.717, 1.165) is 0 Å². The standard InChI is InChI=1S/C29H35FN4O6/c1-6-40-28(36)25-24(32(3)29(37)31-26(25)19-13-20(38-4)15-21(14-19)39-5)17-33-11-12-34(18(2)16-33)27(35)22-9-7-8-10-23(22)30/h7-10,13-15,18,26H,6,11-12,16-17H2,1-5H3,(H,31,37)/t18-,26+/m1/s1. The van der Waals surface area contributed by atoms with E-state index in [1.54, 1.807) is 49.2 Å². The van der Waals surface area contributed by atoms with Gasteiger partial charge >= 0.3 is 12.0 Å². The number of benzene rings is 2. The number of carbonyl (C=O) groups is 3. The molecule has 1 fully saturated rings. The van der Waals surface area contributed by atoms with E-state index < -0.39 is 17.8 Å². The molecule has 0 aromatic heterocycles. The van der Waals surface area contributed by atoms with E-state index in [4.69, 9.17) is 14.2 Å². The Labute approximate surface area is 233 Å². The molecular formula is C29H35FN4O6. The van der Waals surface area contributed by atoms with Gasteiger partial charge in [-0.05, 0) is 43.7 Å². The topological polar surface area (TPSA) is 101 Å². The van der Waals surface area contributed by atoms with Crippen LogP contribution in [0, 0.1) is 5.82 Å². The van der Waals surface area contributed by atoms with E-state index in [1.165, 1.54) is 31.3 Å². The maximum absolute atomic E-state index is 14.3. The third kappa shape index (κ3) is 5.89. The molecule has 0 bridgehead atoms. The maximum Gasteiger partial charge on any atom is 0.338 e. The Kier molecular flexibility index (Phi) is 8.93. The van der Waals surface area contributed by atoms with Crippen molar-refractivity contribution in [2.45, 2.75) is 25.9 Å². The molecule has 4 rings (SSSR count). The lowest BCUT2D eigenvalue weighted by atomic mass is 9.93. The largest absolute Gasteiger partial charge is 0.497 e. The van der Waals surface area contributed by atoms with Crippen LogP contribution in [0.25, 0.3) is 0 Å². The van der Waals surface area contributed by atoms with Crippen LogP contribution in [0.4, 0.5) is 9.18 Å². The Bertz CT molecular complexity index is 1290. The highest BCUT2D eigenvalue weighted by Crippen LogP contribution is 2.35. The number of esters is 1. The van der Waals surface area contributed by atoms with Crippen molar-refractivity contribution in [1.29, 1.82) is 0 Å². The van der Waals surface area contributed by atoms with Crippen LogP contribution in [0.15, 0.2) is 53.7 Å². The minimum Gasteiger partial charge on any atom is -0.497 e. The molecule has 1 saturated heterocycles. The summed E-state index contributed by atoms with van der Waals surface area (Å²) in [5, 5.41) is 2.91. The molecule has 2 atom stereocenters. The number of urea groups is 1. The van der Waals surface area contributed by atoms with Crippen LogP contribution in [-0.4, -0.2) is 92.7 Å². The number of carbonyl (C=O) groups excluding carboxylic acids is 3. The molecule has 0 aliphatic carbocycles. The molecule has 2 aromatic carbocycles. The van der Waals surface area contributed by atoms with Crippen molar-refractivity contribution in [2.75, 3.05) is 54.1 Å². The van der Waals surface area contributed by atoms with Gasteiger partial charge in [0.05, 0.1) is 38.0 Å². The second-order valence-corrected chi connectivity index (χ2v) is 9.73. The van der Waals surface area contributed by atoms with Gasteiger partial charge in [-0.1, -0.05) is 12.1 Å². The van der Waals surface area contributed by atoms with Crippen molar-refractivity contribution in [1.82, 2.24) is 20.0 Å². The first-order valence-corrected chi connectivity index (χ1v) is 13.1. The second-order valence-electron chi connectivity index (χ2n) is 9.73. The van der Waals surface area contributed by atoms with Gasteiger partial charge in [-0.15, -0.1) is 0 Å². The van der Waals surface area contributed by atoms with Gasteiger partial charge in [0.2, 0.25) is 0 Å². The highest BCUT2D eigenvalue weighted by molar-refractivity contribution is 5.96. The summed E-state index contributed by atoms with van der Waals surface area (Å²) < 4.78 is 30.5. The number of piperazine rings is 1. The van der Waals surface area contributed by atoms with Gasteiger partial charge in [-0.25, -0.2) is 14.0 Å². The molecule has 1 N–H and O–H groups in total. The zero-order valence-corrected chi connectivity index (χ0v) is 23.4. The highest BCUT2D eigenvalue weighted by atomic mass is 19.1. The zero-order valence-electron chi connectivity index (χ0n) is 23.4. The fraction of sp³-hybridized carbons (Fsp3) is 0.414. The molecule has 11 heteroatoms. The number of ether oxygens (including phenoxy) is 3. The Hall–Kier alpha value is -4.12. The molecule has 40 heavy (non-hydrogen) atoms. The summed E-state index contributed by atoms with van der Waals surface area (Å²) in [5.74, 6) is -0.439. The monoisotopic (exact) mass is 554 g/mol. The van der Waals surface area contributed by atoms with E-state index in [1.807, 2.05) is 6.92 Å². The summed E-state index contributed by atoms with van der Waals surface area (Å²) in [6.45, 7) is 5.35. The van der Waals surface area contributed by atoms with Crippen molar-refractivity contribution >= 4 is 17.9 Å².